The van der Waals surface area contributed by atoms with Crippen LogP contribution in [-0.2, 0) is 0 Å². The van der Waals surface area contributed by atoms with Crippen molar-refractivity contribution in [2.24, 2.45) is 11.7 Å². The van der Waals surface area contributed by atoms with Crippen LogP contribution in [-0.4, -0.2) is 31.6 Å². The number of likely N-dealkylation sites (tertiary alicyclic amines) is 1. The molecule has 1 saturated heterocycles. The van der Waals surface area contributed by atoms with Crippen molar-refractivity contribution in [1.29, 1.82) is 0 Å². The molecule has 1 aliphatic heterocycles. The van der Waals surface area contributed by atoms with E-state index in [-0.39, 0.29) is 0 Å². The van der Waals surface area contributed by atoms with Gasteiger partial charge in [0.05, 0.1) is 7.11 Å². The predicted octanol–water partition coefficient (Wildman–Crippen LogP) is 3.21. The molecule has 1 aromatic carbocycles. The zero-order chi connectivity index (χ0) is 14.4. The van der Waals surface area contributed by atoms with Crippen LogP contribution in [0.25, 0.3) is 0 Å². The minimum atomic E-state index is 0.344. The molecule has 2 N–H and O–H groups in total. The Morgan fingerprint density at radius 3 is 2.60 bits per heavy atom. The van der Waals surface area contributed by atoms with E-state index in [0.717, 1.165) is 11.7 Å². The Bertz CT molecular complexity index is 390. The lowest BCUT2D eigenvalue weighted by Gasteiger charge is -2.30. The Morgan fingerprint density at radius 2 is 2.00 bits per heavy atom. The Morgan fingerprint density at radius 1 is 1.25 bits per heavy atom. The number of ether oxygens (including phenoxy) is 1. The van der Waals surface area contributed by atoms with Crippen LogP contribution < -0.4 is 10.5 Å². The molecule has 3 heteroatoms. The van der Waals surface area contributed by atoms with Crippen molar-refractivity contribution < 1.29 is 4.74 Å². The van der Waals surface area contributed by atoms with Crippen LogP contribution in [0.2, 0.25) is 0 Å². The van der Waals surface area contributed by atoms with Crippen molar-refractivity contribution in [2.45, 2.75) is 38.6 Å². The Labute approximate surface area is 123 Å². The fourth-order valence-corrected chi connectivity index (χ4v) is 3.23. The first kappa shape index (κ1) is 15.3. The SMILES string of the molecule is CCC1CCCN(C(CN)c2ccc(OC)cc2)CC1. The van der Waals surface area contributed by atoms with E-state index in [1.807, 2.05) is 12.1 Å². The molecule has 0 aliphatic carbocycles. The van der Waals surface area contributed by atoms with Gasteiger partial charge in [0.25, 0.3) is 0 Å². The van der Waals surface area contributed by atoms with Crippen LogP contribution in [0.15, 0.2) is 24.3 Å². The second-order valence-corrected chi connectivity index (χ2v) is 5.77. The molecular formula is C17H28N2O. The van der Waals surface area contributed by atoms with Gasteiger partial charge in [-0.1, -0.05) is 25.5 Å². The van der Waals surface area contributed by atoms with Gasteiger partial charge in [0, 0.05) is 12.6 Å². The maximum atomic E-state index is 6.05. The smallest absolute Gasteiger partial charge is 0.118 e. The van der Waals surface area contributed by atoms with Crippen LogP contribution in [0.5, 0.6) is 5.75 Å². The molecule has 0 amide bonds. The molecule has 2 atom stereocenters. The number of nitrogens with zero attached hydrogens (tertiary/aromatic N) is 1. The van der Waals surface area contributed by atoms with E-state index in [9.17, 15) is 0 Å². The normalized spacial score (nSPS) is 22.2. The third kappa shape index (κ3) is 3.74. The third-order valence-corrected chi connectivity index (χ3v) is 4.62. The van der Waals surface area contributed by atoms with E-state index >= 15 is 0 Å². The second kappa shape index (κ2) is 7.65. The van der Waals surface area contributed by atoms with Gasteiger partial charge >= 0.3 is 0 Å². The average Bonchev–Trinajstić information content (AvgIpc) is 2.74. The molecule has 1 aliphatic rings. The van der Waals surface area contributed by atoms with Gasteiger partial charge in [-0.05, 0) is 56.0 Å². The number of hydrogen-bond acceptors (Lipinski definition) is 3. The molecule has 0 spiro atoms. The molecule has 1 heterocycles. The first-order chi connectivity index (χ1) is 9.78. The van der Waals surface area contributed by atoms with Crippen molar-refractivity contribution in [3.8, 4) is 5.75 Å². The zero-order valence-corrected chi connectivity index (χ0v) is 12.8. The lowest BCUT2D eigenvalue weighted by atomic mass is 9.98. The largest absolute Gasteiger partial charge is 0.497 e. The molecule has 2 rings (SSSR count). The van der Waals surface area contributed by atoms with Gasteiger partial charge < -0.3 is 10.5 Å². The van der Waals surface area contributed by atoms with Gasteiger partial charge in [-0.2, -0.15) is 0 Å². The van der Waals surface area contributed by atoms with Gasteiger partial charge in [-0.25, -0.2) is 0 Å². The fraction of sp³-hybridized carbons (Fsp3) is 0.647. The van der Waals surface area contributed by atoms with Crippen molar-refractivity contribution in [3.63, 3.8) is 0 Å². The number of benzene rings is 1. The first-order valence-electron chi connectivity index (χ1n) is 7.86. The van der Waals surface area contributed by atoms with E-state index in [1.54, 1.807) is 7.11 Å². The average molecular weight is 276 g/mol. The summed E-state index contributed by atoms with van der Waals surface area (Å²) >= 11 is 0. The molecule has 112 valence electrons. The summed E-state index contributed by atoms with van der Waals surface area (Å²) in [5, 5.41) is 0. The van der Waals surface area contributed by atoms with Crippen molar-refractivity contribution in [3.05, 3.63) is 29.8 Å². The minimum absolute atomic E-state index is 0.344. The standard InChI is InChI=1S/C17H28N2O/c1-3-14-5-4-11-19(12-10-14)17(13-18)15-6-8-16(20-2)9-7-15/h6-9,14,17H,3-5,10-13,18H2,1-2H3. The molecule has 20 heavy (non-hydrogen) atoms. The molecule has 0 saturated carbocycles. The summed E-state index contributed by atoms with van der Waals surface area (Å²) in [6.07, 6.45) is 5.28. The van der Waals surface area contributed by atoms with Gasteiger partial charge in [0.1, 0.15) is 5.75 Å². The first-order valence-corrected chi connectivity index (χ1v) is 7.86. The fourth-order valence-electron chi connectivity index (χ4n) is 3.23. The zero-order valence-electron chi connectivity index (χ0n) is 12.8. The van der Waals surface area contributed by atoms with Gasteiger partial charge in [-0.3, -0.25) is 4.90 Å². The van der Waals surface area contributed by atoms with E-state index in [2.05, 4.69) is 24.0 Å². The highest BCUT2D eigenvalue weighted by Gasteiger charge is 2.22. The van der Waals surface area contributed by atoms with Gasteiger partial charge in [0.2, 0.25) is 0 Å². The summed E-state index contributed by atoms with van der Waals surface area (Å²) in [7, 11) is 1.70. The number of hydrogen-bond donors (Lipinski definition) is 1. The van der Waals surface area contributed by atoms with Gasteiger partial charge in [0.15, 0.2) is 0 Å². The summed E-state index contributed by atoms with van der Waals surface area (Å²) in [4.78, 5) is 2.57. The van der Waals surface area contributed by atoms with E-state index in [1.165, 1.54) is 44.3 Å². The van der Waals surface area contributed by atoms with Crippen LogP contribution in [0.1, 0.15) is 44.2 Å². The topological polar surface area (TPSA) is 38.5 Å². The van der Waals surface area contributed by atoms with Crippen LogP contribution >= 0.6 is 0 Å². The van der Waals surface area contributed by atoms with E-state index in [0.29, 0.717) is 12.6 Å². The summed E-state index contributed by atoms with van der Waals surface area (Å²) in [6.45, 7) is 5.34. The monoisotopic (exact) mass is 276 g/mol. The molecule has 0 aromatic heterocycles. The number of rotatable bonds is 5. The Hall–Kier alpha value is -1.06. The Kier molecular flexibility index (Phi) is 5.86. The van der Waals surface area contributed by atoms with Crippen LogP contribution in [0, 0.1) is 5.92 Å². The molecule has 3 nitrogen and oxygen atoms in total. The van der Waals surface area contributed by atoms with E-state index in [4.69, 9.17) is 10.5 Å². The summed E-state index contributed by atoms with van der Waals surface area (Å²) < 4.78 is 5.23. The highest BCUT2D eigenvalue weighted by molar-refractivity contribution is 5.29. The highest BCUT2D eigenvalue weighted by atomic mass is 16.5. The van der Waals surface area contributed by atoms with Crippen molar-refractivity contribution in [2.75, 3.05) is 26.7 Å². The molecule has 1 fully saturated rings. The minimum Gasteiger partial charge on any atom is -0.497 e. The predicted molar refractivity (Wildman–Crippen MR) is 84.0 cm³/mol. The summed E-state index contributed by atoms with van der Waals surface area (Å²) in [5.74, 6) is 1.81. The maximum Gasteiger partial charge on any atom is 0.118 e. The third-order valence-electron chi connectivity index (χ3n) is 4.62. The second-order valence-electron chi connectivity index (χ2n) is 5.77. The van der Waals surface area contributed by atoms with Crippen molar-refractivity contribution >= 4 is 0 Å². The lowest BCUT2D eigenvalue weighted by molar-refractivity contribution is 0.206. The molecule has 0 bridgehead atoms. The van der Waals surface area contributed by atoms with Gasteiger partial charge in [-0.15, -0.1) is 0 Å². The molecule has 0 radical (unpaired) electrons. The maximum absolute atomic E-state index is 6.05. The quantitative estimate of drug-likeness (QED) is 0.897. The van der Waals surface area contributed by atoms with Crippen LogP contribution in [0.3, 0.4) is 0 Å². The molecule has 2 unspecified atom stereocenters. The highest BCUT2D eigenvalue weighted by Crippen LogP contribution is 2.27. The van der Waals surface area contributed by atoms with E-state index < -0.39 is 0 Å². The lowest BCUT2D eigenvalue weighted by Crippen LogP contribution is -2.34. The number of methoxy groups -OCH3 is 1. The molecule has 1 aromatic rings. The summed E-state index contributed by atoms with van der Waals surface area (Å²) in [6, 6.07) is 8.71. The Balaban J connectivity index is 2.06. The number of nitrogens with two attached hydrogens (primary N) is 1. The van der Waals surface area contributed by atoms with Crippen LogP contribution in [0.4, 0.5) is 0 Å². The summed E-state index contributed by atoms with van der Waals surface area (Å²) in [5.41, 5.74) is 7.36. The van der Waals surface area contributed by atoms with Crippen molar-refractivity contribution in [1.82, 2.24) is 4.90 Å². The molecular weight excluding hydrogens is 248 g/mol.